The second-order valence-electron chi connectivity index (χ2n) is 5.19. The molecule has 0 saturated heterocycles. The first-order valence-corrected chi connectivity index (χ1v) is 7.85. The molecule has 0 bridgehead atoms. The smallest absolute Gasteiger partial charge is 0.0627 e. The fraction of sp³-hybridized carbons (Fsp3) is 0.100. The number of pyridine rings is 2. The molecule has 0 radical (unpaired) electrons. The van der Waals surface area contributed by atoms with Crippen LogP contribution >= 0.6 is 67.9 Å². The summed E-state index contributed by atoms with van der Waals surface area (Å²) in [5.41, 5.74) is 3.85. The van der Waals surface area contributed by atoms with Crippen molar-refractivity contribution >= 4 is 91.7 Å². The van der Waals surface area contributed by atoms with Crippen molar-refractivity contribution in [3.63, 3.8) is 0 Å². The van der Waals surface area contributed by atoms with Crippen molar-refractivity contribution in [2.24, 2.45) is 9.98 Å². The standard InChI is InChI=1S/C20H18N4.4BrH.2Ni/c1-3-13-21-17(5-1)11-15-23-19-7-9-20(10-8-19)24-16-12-18-6-2-4-14-22-18;;;;;;/h1-10,13-16H,11-12H2;4*1H;;. The van der Waals surface area contributed by atoms with Crippen LogP contribution in [0.2, 0.25) is 0 Å². The summed E-state index contributed by atoms with van der Waals surface area (Å²) < 4.78 is 0. The third-order valence-electron chi connectivity index (χ3n) is 3.38. The van der Waals surface area contributed by atoms with Gasteiger partial charge in [0.25, 0.3) is 0 Å². The van der Waals surface area contributed by atoms with E-state index in [4.69, 9.17) is 0 Å². The van der Waals surface area contributed by atoms with Gasteiger partial charge in [-0.3, -0.25) is 20.0 Å². The van der Waals surface area contributed by atoms with Crippen molar-refractivity contribution in [2.45, 2.75) is 12.8 Å². The van der Waals surface area contributed by atoms with Gasteiger partial charge in [0.1, 0.15) is 0 Å². The maximum atomic E-state index is 4.44. The van der Waals surface area contributed by atoms with Crippen LogP contribution in [0.15, 0.2) is 83.0 Å². The Labute approximate surface area is 239 Å². The molecule has 4 nitrogen and oxygen atoms in total. The molecule has 0 aliphatic carbocycles. The third kappa shape index (κ3) is 13.9. The summed E-state index contributed by atoms with van der Waals surface area (Å²) in [7, 11) is 0. The molecule has 0 saturated carbocycles. The Morgan fingerprint density at radius 3 is 1.23 bits per heavy atom. The van der Waals surface area contributed by atoms with Gasteiger partial charge in [-0.2, -0.15) is 0 Å². The van der Waals surface area contributed by atoms with Gasteiger partial charge in [-0.15, -0.1) is 67.9 Å². The Morgan fingerprint density at radius 2 is 0.933 bits per heavy atom. The number of rotatable bonds is 6. The van der Waals surface area contributed by atoms with Crippen molar-refractivity contribution in [1.29, 1.82) is 0 Å². The molecule has 3 rings (SSSR count). The molecule has 0 fully saturated rings. The zero-order chi connectivity index (χ0) is 16.5. The average Bonchev–Trinajstić information content (AvgIpc) is 2.65. The number of halogens is 4. The fourth-order valence-electron chi connectivity index (χ4n) is 2.15. The molecule has 10 heteroatoms. The van der Waals surface area contributed by atoms with Crippen LogP contribution in [0.3, 0.4) is 0 Å². The summed E-state index contributed by atoms with van der Waals surface area (Å²) in [5, 5.41) is 0. The number of hydrogen-bond donors (Lipinski definition) is 0. The van der Waals surface area contributed by atoms with Crippen molar-refractivity contribution in [2.75, 3.05) is 0 Å². The van der Waals surface area contributed by atoms with E-state index < -0.39 is 0 Å². The topological polar surface area (TPSA) is 50.5 Å². The van der Waals surface area contributed by atoms with Gasteiger partial charge in [-0.25, -0.2) is 0 Å². The van der Waals surface area contributed by atoms with Crippen molar-refractivity contribution in [3.8, 4) is 0 Å². The monoisotopic (exact) mass is 750 g/mol. The number of aromatic nitrogens is 2. The van der Waals surface area contributed by atoms with E-state index in [2.05, 4.69) is 20.0 Å². The number of aliphatic imine (C=N–C) groups is 2. The first-order valence-electron chi connectivity index (χ1n) is 7.85. The van der Waals surface area contributed by atoms with E-state index in [1.165, 1.54) is 0 Å². The summed E-state index contributed by atoms with van der Waals surface area (Å²) in [6, 6.07) is 19.6. The van der Waals surface area contributed by atoms with Crippen LogP contribution in [0.25, 0.3) is 0 Å². The van der Waals surface area contributed by atoms with Gasteiger partial charge in [0.2, 0.25) is 0 Å². The van der Waals surface area contributed by atoms with Crippen LogP contribution in [0.4, 0.5) is 11.4 Å². The Hall–Kier alpha value is -0.233. The van der Waals surface area contributed by atoms with E-state index in [1.807, 2.05) is 73.1 Å². The normalized spacial score (nSPS) is 9.07. The van der Waals surface area contributed by atoms with E-state index in [9.17, 15) is 0 Å². The van der Waals surface area contributed by atoms with Crippen molar-refractivity contribution in [1.82, 2.24) is 9.97 Å². The van der Waals surface area contributed by atoms with Gasteiger partial charge in [0.15, 0.2) is 0 Å². The Morgan fingerprint density at radius 1 is 0.567 bits per heavy atom. The maximum absolute atomic E-state index is 4.44. The summed E-state index contributed by atoms with van der Waals surface area (Å²) in [6.07, 6.45) is 8.79. The molecule has 170 valence electrons. The minimum absolute atomic E-state index is 0. The number of nitrogens with zero attached hydrogens (tertiary/aromatic N) is 4. The average molecular weight is 755 g/mol. The van der Waals surface area contributed by atoms with Crippen molar-refractivity contribution in [3.05, 3.63) is 84.4 Å². The molecular weight excluding hydrogens is 733 g/mol. The molecule has 2 heterocycles. The minimum Gasteiger partial charge on any atom is -0.261 e. The second kappa shape index (κ2) is 22.0. The molecular formula is C20H22Br4N4Ni2. The summed E-state index contributed by atoms with van der Waals surface area (Å²) in [6.45, 7) is 0. The van der Waals surface area contributed by atoms with Gasteiger partial charge >= 0.3 is 0 Å². The molecule has 0 aliphatic heterocycles. The van der Waals surface area contributed by atoms with Gasteiger partial charge in [-0.1, -0.05) is 12.1 Å². The molecule has 0 amide bonds. The van der Waals surface area contributed by atoms with Crippen LogP contribution in [-0.4, -0.2) is 22.4 Å². The third-order valence-corrected chi connectivity index (χ3v) is 3.38. The van der Waals surface area contributed by atoms with E-state index in [1.54, 1.807) is 12.4 Å². The largest absolute Gasteiger partial charge is 0.261 e. The molecule has 2 aromatic heterocycles. The van der Waals surface area contributed by atoms with E-state index in [-0.39, 0.29) is 101 Å². The molecule has 1 aromatic carbocycles. The Kier molecular flexibility index (Phi) is 27.2. The molecule has 0 unspecified atom stereocenters. The van der Waals surface area contributed by atoms with Gasteiger partial charge < -0.3 is 0 Å². The summed E-state index contributed by atoms with van der Waals surface area (Å²) in [4.78, 5) is 17.4. The SMILES string of the molecule is Br.Br.Br.Br.C(Cc1ccccn1)=Nc1ccc(N=CCc2ccccn2)cc1.[Ni].[Ni]. The first kappa shape index (κ1) is 37.1. The molecule has 0 aliphatic rings. The van der Waals surface area contributed by atoms with Gasteiger partial charge in [0.05, 0.1) is 11.4 Å². The molecule has 0 N–H and O–H groups in total. The summed E-state index contributed by atoms with van der Waals surface area (Å²) >= 11 is 0. The predicted octanol–water partition coefficient (Wildman–Crippen LogP) is 6.67. The Balaban J connectivity index is -0.000000563. The summed E-state index contributed by atoms with van der Waals surface area (Å²) in [5.74, 6) is 0. The zero-order valence-corrected chi connectivity index (χ0v) is 24.4. The first-order chi connectivity index (χ1) is 11.9. The molecule has 30 heavy (non-hydrogen) atoms. The minimum atomic E-state index is 0. The number of benzene rings is 1. The molecule has 0 spiro atoms. The van der Waals surface area contributed by atoms with Crippen LogP contribution in [0, 0.1) is 0 Å². The van der Waals surface area contributed by atoms with E-state index >= 15 is 0 Å². The fourth-order valence-corrected chi connectivity index (χ4v) is 2.15. The quantitative estimate of drug-likeness (QED) is 0.209. The van der Waals surface area contributed by atoms with Gasteiger partial charge in [-0.05, 0) is 48.5 Å². The molecule has 3 aromatic rings. The van der Waals surface area contributed by atoms with Gasteiger partial charge in [0, 0.05) is 82.0 Å². The Bertz CT molecular complexity index is 751. The van der Waals surface area contributed by atoms with Crippen LogP contribution in [-0.2, 0) is 45.8 Å². The van der Waals surface area contributed by atoms with Crippen LogP contribution in [0.1, 0.15) is 11.4 Å². The number of hydrogen-bond acceptors (Lipinski definition) is 4. The van der Waals surface area contributed by atoms with E-state index in [0.29, 0.717) is 0 Å². The molecule has 0 atom stereocenters. The predicted molar refractivity (Wildman–Crippen MR) is 140 cm³/mol. The maximum Gasteiger partial charge on any atom is 0.0627 e. The van der Waals surface area contributed by atoms with Crippen LogP contribution in [0.5, 0.6) is 0 Å². The van der Waals surface area contributed by atoms with Crippen LogP contribution < -0.4 is 0 Å². The second-order valence-corrected chi connectivity index (χ2v) is 5.19. The van der Waals surface area contributed by atoms with E-state index in [0.717, 1.165) is 35.6 Å². The van der Waals surface area contributed by atoms with Crippen molar-refractivity contribution < 1.29 is 33.0 Å². The zero-order valence-electron chi connectivity index (χ0n) is 15.6.